The Balaban J connectivity index is 1.59. The summed E-state index contributed by atoms with van der Waals surface area (Å²) in [7, 11) is -7.41. The van der Waals surface area contributed by atoms with Gasteiger partial charge in [0.15, 0.2) is 9.84 Å². The van der Waals surface area contributed by atoms with Gasteiger partial charge in [0, 0.05) is 12.8 Å². The fourth-order valence-corrected chi connectivity index (χ4v) is 6.04. The van der Waals surface area contributed by atoms with E-state index in [9.17, 15) is 26.8 Å². The van der Waals surface area contributed by atoms with Crippen LogP contribution in [-0.4, -0.2) is 45.1 Å². The molecule has 0 saturated carbocycles. The lowest BCUT2D eigenvalue weighted by Gasteiger charge is -2.34. The third-order valence-corrected chi connectivity index (χ3v) is 8.52. The first-order valence-corrected chi connectivity index (χ1v) is 13.6. The number of carbonyl (C=O) groups is 1. The molecule has 0 aliphatic carbocycles. The first-order chi connectivity index (χ1) is 16.1. The van der Waals surface area contributed by atoms with Crippen LogP contribution in [0.1, 0.15) is 17.2 Å². The van der Waals surface area contributed by atoms with Gasteiger partial charge in [0.25, 0.3) is 5.91 Å². The lowest BCUT2D eigenvalue weighted by molar-refractivity contribution is -0.133. The zero-order valence-electron chi connectivity index (χ0n) is 18.1. The molecular weight excluding hydrogens is 480 g/mol. The second-order valence-electron chi connectivity index (χ2n) is 7.76. The summed E-state index contributed by atoms with van der Waals surface area (Å²) < 4.78 is 56.7. The monoisotopic (exact) mass is 502 g/mol. The van der Waals surface area contributed by atoms with Gasteiger partial charge in [-0.3, -0.25) is 10.0 Å². The summed E-state index contributed by atoms with van der Waals surface area (Å²) in [6.07, 6.45) is 1.53. The maximum atomic E-state index is 13.4. The van der Waals surface area contributed by atoms with Crippen molar-refractivity contribution in [2.24, 2.45) is 0 Å². The summed E-state index contributed by atoms with van der Waals surface area (Å²) in [5, 5.41) is 9.23. The number of hydrogen-bond acceptors (Lipinski definition) is 7. The fraction of sp³-hybridized carbons (Fsp3) is 0.174. The first-order valence-electron chi connectivity index (χ1n) is 10.2. The molecule has 1 aliphatic rings. The van der Waals surface area contributed by atoms with Crippen LogP contribution in [0.2, 0.25) is 0 Å². The molecule has 3 aromatic rings. The molecule has 0 bridgehead atoms. The van der Waals surface area contributed by atoms with E-state index in [4.69, 9.17) is 4.74 Å². The van der Waals surface area contributed by atoms with Crippen LogP contribution in [0.25, 0.3) is 0 Å². The highest BCUT2D eigenvalue weighted by atomic mass is 32.2. The summed E-state index contributed by atoms with van der Waals surface area (Å²) in [4.78, 5) is 12.6. The molecule has 0 aromatic heterocycles. The minimum absolute atomic E-state index is 0.0394. The van der Waals surface area contributed by atoms with Crippen molar-refractivity contribution >= 4 is 25.8 Å². The van der Waals surface area contributed by atoms with Gasteiger partial charge in [0.1, 0.15) is 17.5 Å². The molecular formula is C23H22N2O7S2. The van der Waals surface area contributed by atoms with Crippen LogP contribution in [0.3, 0.4) is 0 Å². The fourth-order valence-electron chi connectivity index (χ4n) is 3.84. The Labute approximate surface area is 197 Å². The molecule has 0 spiro atoms. The van der Waals surface area contributed by atoms with Crippen LogP contribution in [0.15, 0.2) is 82.6 Å². The van der Waals surface area contributed by atoms with Crippen LogP contribution >= 0.6 is 0 Å². The van der Waals surface area contributed by atoms with Gasteiger partial charge in [-0.15, -0.1) is 0 Å². The van der Waals surface area contributed by atoms with E-state index in [0.717, 1.165) is 16.1 Å². The first kappa shape index (κ1) is 23.9. The van der Waals surface area contributed by atoms with Gasteiger partial charge in [-0.05, 0) is 66.1 Å². The predicted molar refractivity (Wildman–Crippen MR) is 123 cm³/mol. The van der Waals surface area contributed by atoms with Gasteiger partial charge >= 0.3 is 0 Å². The maximum Gasteiger partial charge on any atom is 0.266 e. The number of ether oxygens (including phenoxy) is 1. The summed E-state index contributed by atoms with van der Waals surface area (Å²) >= 11 is 0. The molecule has 0 radical (unpaired) electrons. The van der Waals surface area contributed by atoms with E-state index in [1.54, 1.807) is 17.6 Å². The van der Waals surface area contributed by atoms with Crippen molar-refractivity contribution in [3.63, 3.8) is 0 Å². The Hall–Kier alpha value is -3.25. The molecule has 4 rings (SSSR count). The predicted octanol–water partition coefficient (Wildman–Crippen LogP) is 2.68. The minimum atomic E-state index is -4.08. The number of nitrogens with zero attached hydrogens (tertiary/aromatic N) is 1. The number of hydroxylamine groups is 1. The van der Waals surface area contributed by atoms with Crippen LogP contribution in [0.5, 0.6) is 11.5 Å². The van der Waals surface area contributed by atoms with E-state index in [1.165, 1.54) is 48.5 Å². The molecule has 1 aliphatic heterocycles. The molecule has 178 valence electrons. The average molecular weight is 503 g/mol. The van der Waals surface area contributed by atoms with E-state index in [0.29, 0.717) is 23.5 Å². The zero-order valence-corrected chi connectivity index (χ0v) is 19.7. The van der Waals surface area contributed by atoms with Crippen molar-refractivity contribution in [1.29, 1.82) is 0 Å². The highest BCUT2D eigenvalue weighted by Gasteiger charge is 2.40. The molecule has 2 N–H and O–H groups in total. The van der Waals surface area contributed by atoms with Crippen LogP contribution in [0.4, 0.5) is 0 Å². The Bertz CT molecular complexity index is 1420. The van der Waals surface area contributed by atoms with Crippen LogP contribution in [0, 0.1) is 0 Å². The number of fused-ring (bicyclic) bond motifs is 1. The molecule has 11 heteroatoms. The van der Waals surface area contributed by atoms with Gasteiger partial charge in [-0.1, -0.05) is 24.3 Å². The van der Waals surface area contributed by atoms with Crippen LogP contribution < -0.4 is 10.2 Å². The standard InChI is InChI=1S/C23H22N2O7S2/c1-33(28,29)19-10-6-17(7-11-19)32-18-8-12-20(13-9-18)34(30,31)25-15-14-16-4-2-3-5-21(16)22(25)23(26)24-27/h2-13,22,27H,14-15H2,1H3,(H,24,26)/t22-/m1/s1. The maximum absolute atomic E-state index is 13.4. The average Bonchev–Trinajstić information content (AvgIpc) is 2.83. The van der Waals surface area contributed by atoms with Gasteiger partial charge in [0.05, 0.1) is 9.79 Å². The largest absolute Gasteiger partial charge is 0.457 e. The lowest BCUT2D eigenvalue weighted by atomic mass is 9.94. The highest BCUT2D eigenvalue weighted by Crippen LogP contribution is 2.35. The number of hydrogen-bond donors (Lipinski definition) is 2. The SMILES string of the molecule is CS(=O)(=O)c1ccc(Oc2ccc(S(=O)(=O)N3CCc4ccccc4[C@@H]3C(=O)NO)cc2)cc1. The summed E-state index contributed by atoms with van der Waals surface area (Å²) in [5.74, 6) is -0.108. The summed E-state index contributed by atoms with van der Waals surface area (Å²) in [5.41, 5.74) is 2.93. The van der Waals surface area contributed by atoms with Gasteiger partial charge in [-0.25, -0.2) is 22.3 Å². The van der Waals surface area contributed by atoms with Crippen molar-refractivity contribution in [3.8, 4) is 11.5 Å². The smallest absolute Gasteiger partial charge is 0.266 e. The molecule has 1 atom stereocenters. The minimum Gasteiger partial charge on any atom is -0.457 e. The van der Waals surface area contributed by atoms with E-state index in [1.807, 2.05) is 12.1 Å². The van der Waals surface area contributed by atoms with Gasteiger partial charge in [-0.2, -0.15) is 4.31 Å². The van der Waals surface area contributed by atoms with Crippen LogP contribution in [-0.2, 0) is 31.1 Å². The third-order valence-electron chi connectivity index (χ3n) is 5.52. The molecule has 34 heavy (non-hydrogen) atoms. The van der Waals surface area contributed by atoms with Crippen molar-refractivity contribution in [2.45, 2.75) is 22.3 Å². The Morgan fingerprint density at radius 1 is 0.912 bits per heavy atom. The van der Waals surface area contributed by atoms with Crippen molar-refractivity contribution < 1.29 is 31.6 Å². The molecule has 3 aromatic carbocycles. The number of carbonyl (C=O) groups excluding carboxylic acids is 1. The highest BCUT2D eigenvalue weighted by molar-refractivity contribution is 7.90. The number of nitrogens with one attached hydrogen (secondary N) is 1. The number of rotatable bonds is 6. The number of benzene rings is 3. The van der Waals surface area contributed by atoms with Gasteiger partial charge < -0.3 is 4.74 Å². The topological polar surface area (TPSA) is 130 Å². The number of sulfonamides is 1. The van der Waals surface area contributed by atoms with Crippen molar-refractivity contribution in [1.82, 2.24) is 9.79 Å². The van der Waals surface area contributed by atoms with E-state index in [-0.39, 0.29) is 16.3 Å². The summed E-state index contributed by atoms with van der Waals surface area (Å²) in [6.45, 7) is 0.0718. The van der Waals surface area contributed by atoms with E-state index >= 15 is 0 Å². The zero-order chi connectivity index (χ0) is 24.5. The Morgan fingerprint density at radius 2 is 1.47 bits per heavy atom. The second kappa shape index (κ2) is 9.18. The second-order valence-corrected chi connectivity index (χ2v) is 11.7. The van der Waals surface area contributed by atoms with Crippen molar-refractivity contribution in [3.05, 3.63) is 83.9 Å². The molecule has 0 unspecified atom stereocenters. The van der Waals surface area contributed by atoms with Gasteiger partial charge in [0.2, 0.25) is 10.0 Å². The quantitative estimate of drug-likeness (QED) is 0.391. The van der Waals surface area contributed by atoms with E-state index in [2.05, 4.69) is 0 Å². The molecule has 0 saturated heterocycles. The molecule has 0 fully saturated rings. The molecule has 1 amide bonds. The Kier molecular flexibility index (Phi) is 6.45. The number of amides is 1. The Morgan fingerprint density at radius 3 is 2.03 bits per heavy atom. The summed E-state index contributed by atoms with van der Waals surface area (Å²) in [6, 6.07) is 17.3. The molecule has 9 nitrogen and oxygen atoms in total. The van der Waals surface area contributed by atoms with E-state index < -0.39 is 31.8 Å². The third kappa shape index (κ3) is 4.68. The van der Waals surface area contributed by atoms with Crippen molar-refractivity contribution in [2.75, 3.05) is 12.8 Å². The molecule has 1 heterocycles. The normalized spacial score (nSPS) is 16.5. The number of sulfone groups is 1. The lowest BCUT2D eigenvalue weighted by Crippen LogP contribution is -2.46.